The first-order valence-electron chi connectivity index (χ1n) is 7.29. The summed E-state index contributed by atoms with van der Waals surface area (Å²) >= 11 is 0. The summed E-state index contributed by atoms with van der Waals surface area (Å²) in [5, 5.41) is 0.860. The molecule has 0 unspecified atom stereocenters. The van der Waals surface area contributed by atoms with E-state index in [1.54, 1.807) is 31.3 Å². The van der Waals surface area contributed by atoms with Gasteiger partial charge in [0.05, 0.1) is 13.0 Å². The minimum Gasteiger partial charge on any atom is -0.466 e. The number of aromatic amines is 1. The molecule has 0 amide bonds. The molecular weight excluding hydrogens is 300 g/mol. The van der Waals surface area contributed by atoms with E-state index in [9.17, 15) is 13.6 Å². The maximum absolute atomic E-state index is 13.9. The van der Waals surface area contributed by atoms with Gasteiger partial charge in [0.15, 0.2) is 0 Å². The lowest BCUT2D eigenvalue weighted by atomic mass is 10.0. The van der Waals surface area contributed by atoms with E-state index in [1.807, 2.05) is 0 Å². The minimum absolute atomic E-state index is 0.168. The number of H-pyrrole nitrogens is 1. The second-order valence-corrected chi connectivity index (χ2v) is 5.18. The Morgan fingerprint density at radius 3 is 2.78 bits per heavy atom. The van der Waals surface area contributed by atoms with E-state index in [2.05, 4.69) is 4.98 Å². The van der Waals surface area contributed by atoms with Crippen LogP contribution in [0.25, 0.3) is 22.0 Å². The first-order valence-corrected chi connectivity index (χ1v) is 7.29. The Bertz CT molecular complexity index is 871. The molecule has 0 radical (unpaired) electrons. The number of rotatable bonds is 4. The van der Waals surface area contributed by atoms with E-state index >= 15 is 0 Å². The first-order chi connectivity index (χ1) is 11.1. The van der Waals surface area contributed by atoms with Crippen molar-refractivity contribution in [1.29, 1.82) is 0 Å². The van der Waals surface area contributed by atoms with Crippen molar-refractivity contribution in [1.82, 2.24) is 4.98 Å². The summed E-state index contributed by atoms with van der Waals surface area (Å²) in [4.78, 5) is 14.7. The normalized spacial score (nSPS) is 10.9. The van der Waals surface area contributed by atoms with Crippen molar-refractivity contribution in [3.8, 4) is 11.1 Å². The van der Waals surface area contributed by atoms with Crippen molar-refractivity contribution < 1.29 is 18.3 Å². The highest BCUT2D eigenvalue weighted by Crippen LogP contribution is 2.28. The highest BCUT2D eigenvalue weighted by molar-refractivity contribution is 5.90. The van der Waals surface area contributed by atoms with Crippen LogP contribution in [0.4, 0.5) is 8.78 Å². The van der Waals surface area contributed by atoms with E-state index in [-0.39, 0.29) is 18.0 Å². The summed E-state index contributed by atoms with van der Waals surface area (Å²) < 4.78 is 32.2. The number of carbonyl (C=O) groups is 1. The monoisotopic (exact) mass is 315 g/mol. The molecule has 0 fully saturated rings. The lowest BCUT2D eigenvalue weighted by Gasteiger charge is -2.05. The Morgan fingerprint density at radius 1 is 1.17 bits per heavy atom. The zero-order chi connectivity index (χ0) is 16.4. The topological polar surface area (TPSA) is 42.1 Å². The number of hydrogen-bond donors (Lipinski definition) is 1. The van der Waals surface area contributed by atoms with Crippen molar-refractivity contribution >= 4 is 16.9 Å². The van der Waals surface area contributed by atoms with E-state index in [4.69, 9.17) is 4.74 Å². The van der Waals surface area contributed by atoms with Crippen molar-refractivity contribution in [3.05, 3.63) is 59.8 Å². The fourth-order valence-electron chi connectivity index (χ4n) is 2.59. The molecule has 3 nitrogen and oxygen atoms in total. The third kappa shape index (κ3) is 3.08. The fraction of sp³-hybridized carbons (Fsp3) is 0.167. The molecule has 0 aliphatic heterocycles. The molecule has 1 heterocycles. The van der Waals surface area contributed by atoms with Crippen LogP contribution in [-0.2, 0) is 16.0 Å². The van der Waals surface area contributed by atoms with Gasteiger partial charge in [0, 0.05) is 22.7 Å². The molecule has 0 saturated heterocycles. The second kappa shape index (κ2) is 6.20. The van der Waals surface area contributed by atoms with E-state index in [1.165, 1.54) is 6.07 Å². The van der Waals surface area contributed by atoms with Crippen molar-refractivity contribution in [2.24, 2.45) is 0 Å². The van der Waals surface area contributed by atoms with Gasteiger partial charge in [-0.05, 0) is 42.3 Å². The van der Waals surface area contributed by atoms with Gasteiger partial charge in [0.1, 0.15) is 11.6 Å². The van der Waals surface area contributed by atoms with Crippen molar-refractivity contribution in [2.75, 3.05) is 6.61 Å². The lowest BCUT2D eigenvalue weighted by molar-refractivity contribution is -0.142. The molecule has 0 atom stereocenters. The van der Waals surface area contributed by atoms with Crippen LogP contribution in [0.2, 0.25) is 0 Å². The average molecular weight is 315 g/mol. The van der Waals surface area contributed by atoms with Crippen LogP contribution in [0.5, 0.6) is 0 Å². The molecule has 0 saturated carbocycles. The van der Waals surface area contributed by atoms with E-state index < -0.39 is 11.6 Å². The number of nitrogens with one attached hydrogen (secondary N) is 1. The number of benzene rings is 2. The molecule has 0 bridgehead atoms. The largest absolute Gasteiger partial charge is 0.466 e. The quantitative estimate of drug-likeness (QED) is 0.733. The average Bonchev–Trinajstić information content (AvgIpc) is 2.92. The second-order valence-electron chi connectivity index (χ2n) is 5.18. The SMILES string of the molecule is CCOC(=O)Cc1c[nH]c2cc(-c3cc(F)ccc3F)ccc12. The predicted octanol–water partition coefficient (Wildman–Crippen LogP) is 4.22. The lowest BCUT2D eigenvalue weighted by Crippen LogP contribution is -2.06. The van der Waals surface area contributed by atoms with Crippen LogP contribution < -0.4 is 0 Å². The molecule has 0 aliphatic rings. The van der Waals surface area contributed by atoms with Gasteiger partial charge in [-0.15, -0.1) is 0 Å². The first kappa shape index (κ1) is 15.2. The Labute approximate surface area is 131 Å². The molecule has 0 spiro atoms. The van der Waals surface area contributed by atoms with Crippen molar-refractivity contribution in [2.45, 2.75) is 13.3 Å². The third-order valence-electron chi connectivity index (χ3n) is 3.65. The van der Waals surface area contributed by atoms with Gasteiger partial charge in [0.2, 0.25) is 0 Å². The van der Waals surface area contributed by atoms with Gasteiger partial charge < -0.3 is 9.72 Å². The van der Waals surface area contributed by atoms with Gasteiger partial charge in [0.25, 0.3) is 0 Å². The number of fused-ring (bicyclic) bond motifs is 1. The number of esters is 1. The van der Waals surface area contributed by atoms with Crippen LogP contribution in [0, 0.1) is 11.6 Å². The summed E-state index contributed by atoms with van der Waals surface area (Å²) in [6, 6.07) is 8.60. The van der Waals surface area contributed by atoms with E-state index in [0.29, 0.717) is 12.2 Å². The standard InChI is InChI=1S/C18H15F2NO2/c1-2-23-18(22)8-12-10-21-17-7-11(3-5-14(12)17)15-9-13(19)4-6-16(15)20/h3-7,9-10,21H,2,8H2,1H3. The summed E-state index contributed by atoms with van der Waals surface area (Å²) in [6.45, 7) is 2.09. The smallest absolute Gasteiger partial charge is 0.310 e. The van der Waals surface area contributed by atoms with Crippen LogP contribution in [-0.4, -0.2) is 17.6 Å². The van der Waals surface area contributed by atoms with Crippen molar-refractivity contribution in [3.63, 3.8) is 0 Å². The maximum Gasteiger partial charge on any atom is 0.310 e. The number of ether oxygens (including phenoxy) is 1. The predicted molar refractivity (Wildman–Crippen MR) is 84.0 cm³/mol. The van der Waals surface area contributed by atoms with Gasteiger partial charge >= 0.3 is 5.97 Å². The number of carbonyl (C=O) groups excluding carboxylic acids is 1. The molecule has 23 heavy (non-hydrogen) atoms. The molecule has 0 aliphatic carbocycles. The van der Waals surface area contributed by atoms with Gasteiger partial charge in [-0.2, -0.15) is 0 Å². The molecule has 118 valence electrons. The molecular formula is C18H15F2NO2. The zero-order valence-corrected chi connectivity index (χ0v) is 12.5. The Hall–Kier alpha value is -2.69. The molecule has 1 N–H and O–H groups in total. The fourth-order valence-corrected chi connectivity index (χ4v) is 2.59. The van der Waals surface area contributed by atoms with Gasteiger partial charge in [-0.3, -0.25) is 4.79 Å². The summed E-state index contributed by atoms with van der Waals surface area (Å²) in [7, 11) is 0. The number of halogens is 2. The highest BCUT2D eigenvalue weighted by Gasteiger charge is 2.12. The number of hydrogen-bond acceptors (Lipinski definition) is 2. The Balaban J connectivity index is 1.98. The highest BCUT2D eigenvalue weighted by atomic mass is 19.1. The Kier molecular flexibility index (Phi) is 4.10. The summed E-state index contributed by atoms with van der Waals surface area (Å²) in [5.74, 6) is -1.27. The van der Waals surface area contributed by atoms with Crippen LogP contribution in [0.15, 0.2) is 42.6 Å². The van der Waals surface area contributed by atoms with E-state index in [0.717, 1.165) is 28.6 Å². The van der Waals surface area contributed by atoms with Crippen LogP contribution in [0.1, 0.15) is 12.5 Å². The molecule has 2 aromatic carbocycles. The maximum atomic E-state index is 13.9. The third-order valence-corrected chi connectivity index (χ3v) is 3.65. The molecule has 3 aromatic rings. The van der Waals surface area contributed by atoms with Gasteiger partial charge in [-0.1, -0.05) is 12.1 Å². The molecule has 5 heteroatoms. The summed E-state index contributed by atoms with van der Waals surface area (Å²) in [6.07, 6.45) is 1.90. The van der Waals surface area contributed by atoms with Crippen LogP contribution in [0.3, 0.4) is 0 Å². The zero-order valence-electron chi connectivity index (χ0n) is 12.5. The molecule has 1 aromatic heterocycles. The Morgan fingerprint density at radius 2 is 2.00 bits per heavy atom. The summed E-state index contributed by atoms with van der Waals surface area (Å²) in [5.41, 5.74) is 2.34. The minimum atomic E-state index is -0.490. The van der Waals surface area contributed by atoms with Gasteiger partial charge in [-0.25, -0.2) is 8.78 Å². The molecule has 3 rings (SSSR count). The van der Waals surface area contributed by atoms with Crippen LogP contribution >= 0.6 is 0 Å². The number of aromatic nitrogens is 1.